The summed E-state index contributed by atoms with van der Waals surface area (Å²) in [6, 6.07) is 16.2. The van der Waals surface area contributed by atoms with Crippen LogP contribution >= 0.6 is 0 Å². The third-order valence-corrected chi connectivity index (χ3v) is 4.42. The molecule has 23 heavy (non-hydrogen) atoms. The minimum absolute atomic E-state index is 0.00423. The number of hydrogen-bond donors (Lipinski definition) is 1. The molecule has 5 nitrogen and oxygen atoms in total. The van der Waals surface area contributed by atoms with Gasteiger partial charge in [0.05, 0.1) is 12.0 Å². The van der Waals surface area contributed by atoms with Crippen molar-refractivity contribution in [2.24, 2.45) is 5.92 Å². The number of fused-ring (bicyclic) bond motifs is 4. The van der Waals surface area contributed by atoms with Crippen LogP contribution in [0.25, 0.3) is 0 Å². The van der Waals surface area contributed by atoms with Crippen LogP contribution in [0, 0.1) is 5.92 Å². The average molecular weight is 308 g/mol. The first-order valence-electron chi connectivity index (χ1n) is 7.57. The monoisotopic (exact) mass is 308 g/mol. The maximum atomic E-state index is 12.6. The Morgan fingerprint density at radius 1 is 1.09 bits per heavy atom. The average Bonchev–Trinajstić information content (AvgIpc) is 2.55. The normalized spacial score (nSPS) is 25.2. The maximum absolute atomic E-state index is 12.6. The van der Waals surface area contributed by atoms with Gasteiger partial charge >= 0.3 is 6.03 Å². The number of amides is 2. The van der Waals surface area contributed by atoms with Crippen molar-refractivity contribution in [3.63, 3.8) is 0 Å². The molecule has 2 aliphatic rings. The first kappa shape index (κ1) is 13.8. The Hall–Kier alpha value is -2.82. The number of rotatable bonds is 2. The van der Waals surface area contributed by atoms with Crippen LogP contribution in [-0.2, 0) is 4.79 Å². The van der Waals surface area contributed by atoms with Gasteiger partial charge < -0.3 is 10.1 Å². The molecule has 116 valence electrons. The molecule has 0 spiro atoms. The molecule has 2 aromatic rings. The van der Waals surface area contributed by atoms with E-state index in [2.05, 4.69) is 5.32 Å². The molecule has 4 rings (SSSR count). The lowest BCUT2D eigenvalue weighted by Crippen LogP contribution is -2.64. The number of anilines is 1. The molecular formula is C18H16N2O3. The zero-order valence-corrected chi connectivity index (χ0v) is 12.6. The quantitative estimate of drug-likeness (QED) is 0.928. The van der Waals surface area contributed by atoms with E-state index in [4.69, 9.17) is 4.74 Å². The first-order chi connectivity index (χ1) is 11.2. The number of Topliss-reactive ketones (excluding diaryl/α,β-unsaturated/α-hetero) is 1. The van der Waals surface area contributed by atoms with Crippen LogP contribution in [0.3, 0.4) is 0 Å². The largest absolute Gasteiger partial charge is 0.469 e. The van der Waals surface area contributed by atoms with Crippen molar-refractivity contribution in [2.45, 2.75) is 19.2 Å². The van der Waals surface area contributed by atoms with Crippen molar-refractivity contribution in [3.05, 3.63) is 60.2 Å². The van der Waals surface area contributed by atoms with Gasteiger partial charge in [-0.25, -0.2) is 4.79 Å². The predicted molar refractivity (Wildman–Crippen MR) is 85.2 cm³/mol. The molecular weight excluding hydrogens is 292 g/mol. The lowest BCUT2D eigenvalue weighted by molar-refractivity contribution is -0.126. The van der Waals surface area contributed by atoms with Crippen molar-refractivity contribution in [1.82, 2.24) is 5.32 Å². The molecule has 2 aromatic carbocycles. The van der Waals surface area contributed by atoms with Crippen molar-refractivity contribution in [1.29, 1.82) is 0 Å². The topological polar surface area (TPSA) is 58.6 Å². The summed E-state index contributed by atoms with van der Waals surface area (Å²) in [6.07, 6.45) is -0.636. The van der Waals surface area contributed by atoms with E-state index in [0.717, 1.165) is 5.56 Å². The summed E-state index contributed by atoms with van der Waals surface area (Å²) in [6.45, 7) is 1.54. The predicted octanol–water partition coefficient (Wildman–Crippen LogP) is 2.88. The molecule has 1 N–H and O–H groups in total. The molecule has 2 amide bonds. The Morgan fingerprint density at radius 2 is 1.78 bits per heavy atom. The fourth-order valence-electron chi connectivity index (χ4n) is 3.39. The first-order valence-corrected chi connectivity index (χ1v) is 7.57. The highest BCUT2D eigenvalue weighted by molar-refractivity contribution is 5.97. The van der Waals surface area contributed by atoms with Gasteiger partial charge in [-0.3, -0.25) is 9.69 Å². The highest BCUT2D eigenvalue weighted by Gasteiger charge is 2.50. The SMILES string of the molecule is CC(=O)[C@@H]1[C@H]2NC(=O)N(c3ccccc3)[C@H]1Oc1ccccc12. The lowest BCUT2D eigenvalue weighted by atomic mass is 9.83. The fourth-order valence-corrected chi connectivity index (χ4v) is 3.39. The second-order valence-corrected chi connectivity index (χ2v) is 5.82. The van der Waals surface area contributed by atoms with E-state index < -0.39 is 12.1 Å². The Bertz CT molecular complexity index is 775. The number of ketones is 1. The minimum Gasteiger partial charge on any atom is -0.469 e. The van der Waals surface area contributed by atoms with Crippen molar-refractivity contribution in [3.8, 4) is 5.75 Å². The number of urea groups is 1. The molecule has 5 heteroatoms. The molecule has 2 bridgehead atoms. The summed E-state index contributed by atoms with van der Waals surface area (Å²) < 4.78 is 6.06. The second kappa shape index (κ2) is 5.12. The summed E-state index contributed by atoms with van der Waals surface area (Å²) in [7, 11) is 0. The number of carbonyl (C=O) groups is 2. The lowest BCUT2D eigenvalue weighted by Gasteiger charge is -2.48. The van der Waals surface area contributed by atoms with Gasteiger partial charge in [-0.1, -0.05) is 36.4 Å². The van der Waals surface area contributed by atoms with E-state index in [9.17, 15) is 9.59 Å². The van der Waals surface area contributed by atoms with E-state index in [1.165, 1.54) is 4.90 Å². The summed E-state index contributed by atoms with van der Waals surface area (Å²) in [4.78, 5) is 26.4. The van der Waals surface area contributed by atoms with Gasteiger partial charge in [-0.15, -0.1) is 0 Å². The number of nitrogens with one attached hydrogen (secondary N) is 1. The molecule has 0 unspecified atom stereocenters. The summed E-state index contributed by atoms with van der Waals surface area (Å²) >= 11 is 0. The Balaban J connectivity index is 1.85. The third-order valence-electron chi connectivity index (χ3n) is 4.42. The number of ether oxygens (including phenoxy) is 1. The maximum Gasteiger partial charge on any atom is 0.325 e. The van der Waals surface area contributed by atoms with Crippen molar-refractivity contribution < 1.29 is 14.3 Å². The number of nitrogens with zero attached hydrogens (tertiary/aromatic N) is 1. The number of para-hydroxylation sites is 2. The zero-order chi connectivity index (χ0) is 16.0. The van der Waals surface area contributed by atoms with E-state index in [-0.39, 0.29) is 17.9 Å². The molecule has 0 radical (unpaired) electrons. The van der Waals surface area contributed by atoms with E-state index in [1.54, 1.807) is 6.92 Å². The van der Waals surface area contributed by atoms with Crippen LogP contribution in [0.2, 0.25) is 0 Å². The van der Waals surface area contributed by atoms with Crippen LogP contribution < -0.4 is 15.0 Å². The fraction of sp³-hybridized carbons (Fsp3) is 0.222. The number of benzene rings is 2. The van der Waals surface area contributed by atoms with Crippen LogP contribution in [0.5, 0.6) is 5.75 Å². The zero-order valence-electron chi connectivity index (χ0n) is 12.6. The smallest absolute Gasteiger partial charge is 0.325 e. The molecule has 3 atom stereocenters. The van der Waals surface area contributed by atoms with Gasteiger partial charge in [0, 0.05) is 11.3 Å². The van der Waals surface area contributed by atoms with Gasteiger partial charge in [0.15, 0.2) is 6.23 Å². The standard InChI is InChI=1S/C18H16N2O3/c1-11(21)15-16-13-9-5-6-10-14(13)23-17(15)20(18(22)19-16)12-7-3-2-4-8-12/h2-10,15-17H,1H3,(H,19,22)/t15-,16+,17+/m1/s1. The molecule has 2 aliphatic heterocycles. The van der Waals surface area contributed by atoms with Crippen LogP contribution in [0.4, 0.5) is 10.5 Å². The molecule has 1 saturated heterocycles. The summed E-state index contributed by atoms with van der Waals surface area (Å²) in [5, 5.41) is 2.97. The molecule has 1 fully saturated rings. The van der Waals surface area contributed by atoms with E-state index in [1.807, 2.05) is 54.6 Å². The Kier molecular flexibility index (Phi) is 3.08. The number of carbonyl (C=O) groups excluding carboxylic acids is 2. The van der Waals surface area contributed by atoms with Crippen molar-refractivity contribution in [2.75, 3.05) is 4.90 Å². The van der Waals surface area contributed by atoms with Crippen LogP contribution in [0.15, 0.2) is 54.6 Å². The van der Waals surface area contributed by atoms with Gasteiger partial charge in [0.1, 0.15) is 11.5 Å². The molecule has 0 aliphatic carbocycles. The third kappa shape index (κ3) is 2.08. The van der Waals surface area contributed by atoms with Gasteiger partial charge in [-0.2, -0.15) is 0 Å². The second-order valence-electron chi connectivity index (χ2n) is 5.82. The molecule has 0 saturated carbocycles. The van der Waals surface area contributed by atoms with E-state index >= 15 is 0 Å². The highest BCUT2D eigenvalue weighted by atomic mass is 16.5. The summed E-state index contributed by atoms with van der Waals surface area (Å²) in [5.41, 5.74) is 1.56. The highest BCUT2D eigenvalue weighted by Crippen LogP contribution is 2.43. The number of hydrogen-bond acceptors (Lipinski definition) is 3. The molecule has 2 heterocycles. The van der Waals surface area contributed by atoms with Crippen molar-refractivity contribution >= 4 is 17.5 Å². The Morgan fingerprint density at radius 3 is 2.52 bits per heavy atom. The van der Waals surface area contributed by atoms with E-state index in [0.29, 0.717) is 11.4 Å². The minimum atomic E-state index is -0.636. The van der Waals surface area contributed by atoms with Crippen LogP contribution in [0.1, 0.15) is 18.5 Å². The summed E-state index contributed by atoms with van der Waals surface area (Å²) in [5.74, 6) is 0.263. The molecule has 0 aromatic heterocycles. The van der Waals surface area contributed by atoms with Gasteiger partial charge in [0.25, 0.3) is 0 Å². The van der Waals surface area contributed by atoms with Gasteiger partial charge in [-0.05, 0) is 25.1 Å². The Labute approximate surface area is 133 Å². The van der Waals surface area contributed by atoms with Crippen LogP contribution in [-0.4, -0.2) is 18.0 Å². The van der Waals surface area contributed by atoms with Gasteiger partial charge in [0.2, 0.25) is 0 Å².